The molecule has 4 nitrogen and oxygen atoms in total. The molecule has 0 bridgehead atoms. The number of thiophene rings is 1. The summed E-state index contributed by atoms with van der Waals surface area (Å²) < 4.78 is 1.15. The first kappa shape index (κ1) is 17.3. The van der Waals surface area contributed by atoms with Gasteiger partial charge in [-0.1, -0.05) is 18.7 Å². The van der Waals surface area contributed by atoms with Crippen LogP contribution in [0.4, 0.5) is 0 Å². The third-order valence-electron chi connectivity index (χ3n) is 2.97. The molecular formula is C15H22N4S3. The Morgan fingerprint density at radius 2 is 2.18 bits per heavy atom. The van der Waals surface area contributed by atoms with Crippen LogP contribution in [0.25, 0.3) is 0 Å². The lowest BCUT2D eigenvalue weighted by atomic mass is 10.3. The molecule has 0 amide bonds. The number of hydrogen-bond acceptors (Lipinski definition) is 5. The summed E-state index contributed by atoms with van der Waals surface area (Å²) in [5.41, 5.74) is 0. The summed E-state index contributed by atoms with van der Waals surface area (Å²) >= 11 is 5.37. The van der Waals surface area contributed by atoms with E-state index in [1.807, 2.05) is 41.7 Å². The lowest BCUT2D eigenvalue weighted by molar-refractivity contribution is 0.789. The number of guanidine groups is 1. The molecule has 2 heterocycles. The number of thiazole rings is 1. The van der Waals surface area contributed by atoms with Gasteiger partial charge in [0.15, 0.2) is 5.96 Å². The molecule has 0 fully saturated rings. The van der Waals surface area contributed by atoms with Gasteiger partial charge in [0.1, 0.15) is 4.34 Å². The van der Waals surface area contributed by atoms with Crippen LogP contribution in [0.3, 0.4) is 0 Å². The van der Waals surface area contributed by atoms with Crippen LogP contribution in [0.15, 0.2) is 33.0 Å². The largest absolute Gasteiger partial charge is 0.356 e. The fourth-order valence-corrected chi connectivity index (χ4v) is 4.36. The van der Waals surface area contributed by atoms with Gasteiger partial charge < -0.3 is 10.6 Å². The van der Waals surface area contributed by atoms with E-state index >= 15 is 0 Å². The second-order valence-electron chi connectivity index (χ2n) is 4.57. The molecule has 0 unspecified atom stereocenters. The van der Waals surface area contributed by atoms with Gasteiger partial charge in [-0.3, -0.25) is 4.99 Å². The first-order chi connectivity index (χ1) is 10.8. The van der Waals surface area contributed by atoms with Crippen molar-refractivity contribution < 1.29 is 0 Å². The number of aliphatic imine (C=N–C) groups is 1. The lowest BCUT2D eigenvalue weighted by Gasteiger charge is -2.10. The van der Waals surface area contributed by atoms with Crippen molar-refractivity contribution in [2.45, 2.75) is 30.6 Å². The number of rotatable bonds is 8. The van der Waals surface area contributed by atoms with Crippen LogP contribution < -0.4 is 10.6 Å². The fourth-order valence-electron chi connectivity index (χ4n) is 1.82. The molecule has 2 N–H and O–H groups in total. The monoisotopic (exact) mass is 354 g/mol. The third-order valence-corrected chi connectivity index (χ3v) is 6.25. The van der Waals surface area contributed by atoms with Gasteiger partial charge in [-0.2, -0.15) is 0 Å². The standard InChI is InChI=1S/C15H22N4S3/c1-3-12-5-6-13(22-12)11-19-14(16-2)17-7-4-9-20-15-18-8-10-21-15/h5-6,8,10H,3-4,7,9,11H2,1-2H3,(H2,16,17,19). The first-order valence-electron chi connectivity index (χ1n) is 7.36. The molecule has 120 valence electrons. The van der Waals surface area contributed by atoms with Crippen molar-refractivity contribution >= 4 is 40.4 Å². The van der Waals surface area contributed by atoms with Gasteiger partial charge in [-0.05, 0) is 25.0 Å². The highest BCUT2D eigenvalue weighted by atomic mass is 32.2. The topological polar surface area (TPSA) is 49.3 Å². The first-order valence-corrected chi connectivity index (χ1v) is 10.0. The molecule has 0 aromatic carbocycles. The average molecular weight is 355 g/mol. The molecule has 2 rings (SSSR count). The van der Waals surface area contributed by atoms with E-state index in [1.165, 1.54) is 9.75 Å². The maximum Gasteiger partial charge on any atom is 0.191 e. The van der Waals surface area contributed by atoms with E-state index < -0.39 is 0 Å². The van der Waals surface area contributed by atoms with E-state index in [9.17, 15) is 0 Å². The molecule has 0 saturated heterocycles. The molecule has 0 radical (unpaired) electrons. The Kier molecular flexibility index (Phi) is 7.76. The van der Waals surface area contributed by atoms with Crippen LogP contribution in [0.5, 0.6) is 0 Å². The third kappa shape index (κ3) is 5.98. The van der Waals surface area contributed by atoms with Gasteiger partial charge in [0.05, 0.1) is 6.54 Å². The van der Waals surface area contributed by atoms with E-state index in [0.29, 0.717) is 0 Å². The van der Waals surface area contributed by atoms with Crippen LogP contribution >= 0.6 is 34.4 Å². The molecule has 0 saturated carbocycles. The molecule has 0 aliphatic heterocycles. The van der Waals surface area contributed by atoms with Gasteiger partial charge in [0.2, 0.25) is 0 Å². The van der Waals surface area contributed by atoms with Crippen LogP contribution in [0.2, 0.25) is 0 Å². The van der Waals surface area contributed by atoms with Gasteiger partial charge in [0, 0.05) is 40.7 Å². The minimum absolute atomic E-state index is 0.832. The Hall–Kier alpha value is -1.05. The van der Waals surface area contributed by atoms with Crippen molar-refractivity contribution in [1.82, 2.24) is 15.6 Å². The van der Waals surface area contributed by atoms with Crippen molar-refractivity contribution in [3.8, 4) is 0 Å². The number of hydrogen-bond donors (Lipinski definition) is 2. The quantitative estimate of drug-likeness (QED) is 0.329. The molecule has 22 heavy (non-hydrogen) atoms. The molecular weight excluding hydrogens is 332 g/mol. The summed E-state index contributed by atoms with van der Waals surface area (Å²) in [4.78, 5) is 11.3. The molecule has 0 aliphatic carbocycles. The van der Waals surface area contributed by atoms with E-state index in [-0.39, 0.29) is 0 Å². The summed E-state index contributed by atoms with van der Waals surface area (Å²) in [5, 5.41) is 8.73. The number of aromatic nitrogens is 1. The van der Waals surface area contributed by atoms with Crippen molar-refractivity contribution in [2.24, 2.45) is 4.99 Å². The summed E-state index contributed by atoms with van der Waals surface area (Å²) in [7, 11) is 1.81. The lowest BCUT2D eigenvalue weighted by Crippen LogP contribution is -2.37. The zero-order chi connectivity index (χ0) is 15.6. The molecule has 0 aliphatic rings. The SMILES string of the molecule is CCc1ccc(CNC(=NC)NCCCSc2nccs2)s1. The van der Waals surface area contributed by atoms with Gasteiger partial charge in [-0.15, -0.1) is 22.7 Å². The zero-order valence-corrected chi connectivity index (χ0v) is 15.4. The minimum Gasteiger partial charge on any atom is -0.356 e. The van der Waals surface area contributed by atoms with Crippen LogP contribution in [0, 0.1) is 0 Å². The van der Waals surface area contributed by atoms with E-state index in [2.05, 4.69) is 39.7 Å². The highest BCUT2D eigenvalue weighted by Gasteiger charge is 2.01. The van der Waals surface area contributed by atoms with Crippen molar-refractivity contribution in [2.75, 3.05) is 19.3 Å². The predicted octanol–water partition coefficient (Wildman–Crippen LogP) is 3.61. The number of nitrogens with zero attached hydrogens (tertiary/aromatic N) is 2. The Labute approximate surface area is 144 Å². The average Bonchev–Trinajstić information content (AvgIpc) is 3.21. The highest BCUT2D eigenvalue weighted by molar-refractivity contribution is 8.00. The van der Waals surface area contributed by atoms with E-state index in [0.717, 1.165) is 42.0 Å². The summed E-state index contributed by atoms with van der Waals surface area (Å²) in [6.45, 7) is 3.94. The Morgan fingerprint density at radius 3 is 2.86 bits per heavy atom. The maximum atomic E-state index is 4.26. The molecule has 7 heteroatoms. The van der Waals surface area contributed by atoms with Crippen LogP contribution in [-0.4, -0.2) is 30.3 Å². The maximum absolute atomic E-state index is 4.26. The number of thioether (sulfide) groups is 1. The second kappa shape index (κ2) is 9.86. The zero-order valence-electron chi connectivity index (χ0n) is 13.0. The van der Waals surface area contributed by atoms with Gasteiger partial charge >= 0.3 is 0 Å². The van der Waals surface area contributed by atoms with Crippen LogP contribution in [-0.2, 0) is 13.0 Å². The Balaban J connectivity index is 1.60. The normalized spacial score (nSPS) is 11.6. The smallest absolute Gasteiger partial charge is 0.191 e. The Bertz CT molecular complexity index is 563. The van der Waals surface area contributed by atoms with E-state index in [4.69, 9.17) is 0 Å². The van der Waals surface area contributed by atoms with Crippen molar-refractivity contribution in [3.05, 3.63) is 33.5 Å². The summed E-state index contributed by atoms with van der Waals surface area (Å²) in [5.74, 6) is 1.94. The van der Waals surface area contributed by atoms with Gasteiger partial charge in [-0.25, -0.2) is 4.98 Å². The van der Waals surface area contributed by atoms with Crippen LogP contribution in [0.1, 0.15) is 23.1 Å². The predicted molar refractivity (Wildman–Crippen MR) is 99.4 cm³/mol. The van der Waals surface area contributed by atoms with Crippen molar-refractivity contribution in [3.63, 3.8) is 0 Å². The number of aryl methyl sites for hydroxylation is 1. The summed E-state index contributed by atoms with van der Waals surface area (Å²) in [6.07, 6.45) is 4.05. The summed E-state index contributed by atoms with van der Waals surface area (Å²) in [6, 6.07) is 4.39. The minimum atomic E-state index is 0.832. The highest BCUT2D eigenvalue weighted by Crippen LogP contribution is 2.20. The molecule has 0 spiro atoms. The van der Waals surface area contributed by atoms with Gasteiger partial charge in [0.25, 0.3) is 0 Å². The fraction of sp³-hybridized carbons (Fsp3) is 0.467. The number of nitrogens with one attached hydrogen (secondary N) is 2. The Morgan fingerprint density at radius 1 is 1.32 bits per heavy atom. The van der Waals surface area contributed by atoms with Crippen molar-refractivity contribution in [1.29, 1.82) is 0 Å². The second-order valence-corrected chi connectivity index (χ2v) is 8.06. The molecule has 2 aromatic heterocycles. The molecule has 0 atom stereocenters. The molecule has 2 aromatic rings. The van der Waals surface area contributed by atoms with E-state index in [1.54, 1.807) is 11.3 Å².